The molecule has 0 aliphatic heterocycles. The molecule has 1 N–H and O–H groups in total. The smallest absolute Gasteiger partial charge is 0.0508 e. The van der Waals surface area contributed by atoms with Crippen LogP contribution < -0.4 is 5.32 Å². The lowest BCUT2D eigenvalue weighted by atomic mass is 9.96. The van der Waals surface area contributed by atoms with Crippen LogP contribution in [0.15, 0.2) is 29.8 Å². The lowest BCUT2D eigenvalue weighted by Gasteiger charge is -2.17. The second kappa shape index (κ2) is 5.13. The molecule has 0 heterocycles. The third kappa shape index (κ3) is 2.93. The van der Waals surface area contributed by atoms with E-state index < -0.39 is 0 Å². The van der Waals surface area contributed by atoms with Gasteiger partial charge in [0, 0.05) is 0 Å². The highest BCUT2D eigenvalue weighted by Crippen LogP contribution is 2.22. The predicted molar refractivity (Wildman–Crippen MR) is 67.1 cm³/mol. The first-order valence-electron chi connectivity index (χ1n) is 5.44. The van der Waals surface area contributed by atoms with E-state index in [-0.39, 0.29) is 0 Å². The number of hydrogen-bond donors (Lipinski definition) is 1. The molecule has 0 amide bonds. The number of likely N-dealkylation sites (N-methyl/N-ethyl adjacent to an activating group) is 1. The minimum absolute atomic E-state index is 0.329. The summed E-state index contributed by atoms with van der Waals surface area (Å²) in [6.45, 7) is 8.62. The Morgan fingerprint density at radius 1 is 1.27 bits per heavy atom. The van der Waals surface area contributed by atoms with E-state index in [1.54, 1.807) is 0 Å². The van der Waals surface area contributed by atoms with Crippen LogP contribution in [0.3, 0.4) is 0 Å². The number of hydrogen-bond acceptors (Lipinski definition) is 1. The highest BCUT2D eigenvalue weighted by Gasteiger charge is 2.09. The molecule has 0 aliphatic rings. The maximum absolute atomic E-state index is 3.34. The molecule has 0 fully saturated rings. The zero-order valence-corrected chi connectivity index (χ0v) is 10.4. The van der Waals surface area contributed by atoms with Gasteiger partial charge in [-0.15, -0.1) is 0 Å². The fourth-order valence-electron chi connectivity index (χ4n) is 1.77. The molecule has 0 bridgehead atoms. The first-order valence-corrected chi connectivity index (χ1v) is 5.44. The van der Waals surface area contributed by atoms with E-state index in [4.69, 9.17) is 0 Å². The lowest BCUT2D eigenvalue weighted by Crippen LogP contribution is -2.15. The Hall–Kier alpha value is -1.08. The van der Waals surface area contributed by atoms with Crippen LogP contribution in [0.25, 0.3) is 0 Å². The fraction of sp³-hybridized carbons (Fsp3) is 0.429. The van der Waals surface area contributed by atoms with Gasteiger partial charge in [-0.3, -0.25) is 0 Å². The normalized spacial score (nSPS) is 12.3. The molecule has 15 heavy (non-hydrogen) atoms. The fourth-order valence-corrected chi connectivity index (χ4v) is 1.77. The summed E-state index contributed by atoms with van der Waals surface area (Å²) in [6, 6.07) is 6.81. The van der Waals surface area contributed by atoms with Crippen molar-refractivity contribution >= 4 is 0 Å². The van der Waals surface area contributed by atoms with Gasteiger partial charge in [0.25, 0.3) is 0 Å². The van der Waals surface area contributed by atoms with Gasteiger partial charge in [-0.1, -0.05) is 29.8 Å². The maximum Gasteiger partial charge on any atom is 0.0508 e. The summed E-state index contributed by atoms with van der Waals surface area (Å²) in [5.41, 5.74) is 5.46. The molecular weight excluding hydrogens is 182 g/mol. The second-order valence-electron chi connectivity index (χ2n) is 4.30. The number of nitrogens with one attached hydrogen (secondary N) is 1. The van der Waals surface area contributed by atoms with Crippen molar-refractivity contribution in [2.24, 2.45) is 0 Å². The lowest BCUT2D eigenvalue weighted by molar-refractivity contribution is 0.704. The summed E-state index contributed by atoms with van der Waals surface area (Å²) in [5, 5.41) is 3.34. The summed E-state index contributed by atoms with van der Waals surface area (Å²) < 4.78 is 0. The summed E-state index contributed by atoms with van der Waals surface area (Å²) in [5.74, 6) is 0. The second-order valence-corrected chi connectivity index (χ2v) is 4.30. The van der Waals surface area contributed by atoms with Gasteiger partial charge in [-0.05, 0) is 51.4 Å². The van der Waals surface area contributed by atoms with Crippen molar-refractivity contribution in [3.05, 3.63) is 46.5 Å². The van der Waals surface area contributed by atoms with Crippen LogP contribution >= 0.6 is 0 Å². The predicted octanol–water partition coefficient (Wildman–Crippen LogP) is 3.53. The van der Waals surface area contributed by atoms with Crippen LogP contribution in [0.1, 0.15) is 36.6 Å². The molecule has 0 saturated carbocycles. The van der Waals surface area contributed by atoms with Gasteiger partial charge in [0.05, 0.1) is 6.04 Å². The summed E-state index contributed by atoms with van der Waals surface area (Å²) in [6.07, 6.45) is 2.27. The van der Waals surface area contributed by atoms with Crippen molar-refractivity contribution in [3.8, 4) is 0 Å². The Morgan fingerprint density at radius 3 is 2.47 bits per heavy atom. The molecule has 1 atom stereocenters. The third-order valence-corrected chi connectivity index (χ3v) is 2.79. The number of aryl methyl sites for hydroxylation is 1. The molecule has 0 aliphatic carbocycles. The van der Waals surface area contributed by atoms with Crippen molar-refractivity contribution < 1.29 is 0 Å². The van der Waals surface area contributed by atoms with Gasteiger partial charge in [0.1, 0.15) is 0 Å². The molecule has 82 valence electrons. The van der Waals surface area contributed by atoms with E-state index in [9.17, 15) is 0 Å². The highest BCUT2D eigenvalue weighted by molar-refractivity contribution is 5.37. The third-order valence-electron chi connectivity index (χ3n) is 2.79. The molecule has 0 aromatic heterocycles. The molecule has 1 aromatic carbocycles. The van der Waals surface area contributed by atoms with E-state index >= 15 is 0 Å². The molecule has 0 radical (unpaired) electrons. The van der Waals surface area contributed by atoms with Crippen LogP contribution in [0.4, 0.5) is 0 Å². The number of benzene rings is 1. The van der Waals surface area contributed by atoms with Crippen molar-refractivity contribution in [2.75, 3.05) is 7.05 Å². The average molecular weight is 203 g/mol. The first kappa shape index (κ1) is 12.0. The Bertz CT molecular complexity index is 360. The molecule has 1 heteroatoms. The van der Waals surface area contributed by atoms with Crippen molar-refractivity contribution in [1.82, 2.24) is 5.32 Å². The van der Waals surface area contributed by atoms with Crippen LogP contribution in [0.2, 0.25) is 0 Å². The van der Waals surface area contributed by atoms with Gasteiger partial charge in [-0.25, -0.2) is 0 Å². The Labute approximate surface area is 93.2 Å². The minimum Gasteiger partial charge on any atom is -0.310 e. The Balaban J connectivity index is 3.13. The van der Waals surface area contributed by atoms with Gasteiger partial charge >= 0.3 is 0 Å². The molecule has 1 aromatic rings. The van der Waals surface area contributed by atoms with E-state index in [1.165, 1.54) is 22.3 Å². The topological polar surface area (TPSA) is 12.0 Å². The standard InChI is InChI=1S/C14H21N/c1-10(2)9-14(15-5)13-8-6-7-11(3)12(13)4/h6-9,14-15H,1-5H3. The first-order chi connectivity index (χ1) is 7.06. The molecule has 1 nitrogen and oxygen atoms in total. The monoisotopic (exact) mass is 203 g/mol. The SMILES string of the molecule is CNC(C=C(C)C)c1cccc(C)c1C. The molecule has 1 unspecified atom stereocenters. The largest absolute Gasteiger partial charge is 0.310 e. The van der Waals surface area contributed by atoms with E-state index in [1.807, 2.05) is 7.05 Å². The van der Waals surface area contributed by atoms with Crippen LogP contribution in [-0.2, 0) is 0 Å². The van der Waals surface area contributed by atoms with E-state index in [0.29, 0.717) is 6.04 Å². The zero-order valence-electron chi connectivity index (χ0n) is 10.4. The number of allylic oxidation sites excluding steroid dienone is 1. The number of rotatable bonds is 3. The van der Waals surface area contributed by atoms with Crippen LogP contribution in [-0.4, -0.2) is 7.05 Å². The van der Waals surface area contributed by atoms with Gasteiger partial charge in [0.2, 0.25) is 0 Å². The maximum atomic E-state index is 3.34. The summed E-state index contributed by atoms with van der Waals surface area (Å²) in [4.78, 5) is 0. The molecule has 0 spiro atoms. The highest BCUT2D eigenvalue weighted by atomic mass is 14.9. The summed E-state index contributed by atoms with van der Waals surface area (Å²) in [7, 11) is 2.01. The quantitative estimate of drug-likeness (QED) is 0.741. The van der Waals surface area contributed by atoms with E-state index in [2.05, 4.69) is 57.3 Å². The summed E-state index contributed by atoms with van der Waals surface area (Å²) >= 11 is 0. The van der Waals surface area contributed by atoms with Gasteiger partial charge < -0.3 is 5.32 Å². The van der Waals surface area contributed by atoms with Crippen molar-refractivity contribution in [3.63, 3.8) is 0 Å². The molecular formula is C14H21N. The van der Waals surface area contributed by atoms with E-state index in [0.717, 1.165) is 0 Å². The van der Waals surface area contributed by atoms with Gasteiger partial charge in [0.15, 0.2) is 0 Å². The van der Waals surface area contributed by atoms with Crippen LogP contribution in [0, 0.1) is 13.8 Å². The van der Waals surface area contributed by atoms with Crippen LogP contribution in [0.5, 0.6) is 0 Å². The average Bonchev–Trinajstić information content (AvgIpc) is 2.19. The molecule has 1 rings (SSSR count). The zero-order chi connectivity index (χ0) is 11.4. The Morgan fingerprint density at radius 2 is 1.93 bits per heavy atom. The molecule has 0 saturated heterocycles. The van der Waals surface area contributed by atoms with Crippen molar-refractivity contribution in [1.29, 1.82) is 0 Å². The Kier molecular flexibility index (Phi) is 4.10. The minimum atomic E-state index is 0.329. The van der Waals surface area contributed by atoms with Gasteiger partial charge in [-0.2, -0.15) is 0 Å². The van der Waals surface area contributed by atoms with Crippen molar-refractivity contribution in [2.45, 2.75) is 33.7 Å².